The maximum Gasteiger partial charge on any atom is 0.223 e. The van der Waals surface area contributed by atoms with E-state index < -0.39 is 0 Å². The summed E-state index contributed by atoms with van der Waals surface area (Å²) in [7, 11) is 2.20. The Morgan fingerprint density at radius 3 is 2.51 bits per heavy atom. The van der Waals surface area contributed by atoms with Gasteiger partial charge in [-0.2, -0.15) is 0 Å². The number of aromatic nitrogens is 3. The van der Waals surface area contributed by atoms with Crippen LogP contribution >= 0.6 is 0 Å². The minimum absolute atomic E-state index is 0.286. The third-order valence-electron chi connectivity index (χ3n) is 7.97. The largest absolute Gasteiger partial charge is 0.381 e. The Morgan fingerprint density at radius 1 is 0.897 bits per heavy atom. The second-order valence-electron chi connectivity index (χ2n) is 10.7. The highest BCUT2D eigenvalue weighted by Gasteiger charge is 2.27. The van der Waals surface area contributed by atoms with Gasteiger partial charge in [0.25, 0.3) is 0 Å². The van der Waals surface area contributed by atoms with Gasteiger partial charge >= 0.3 is 0 Å². The van der Waals surface area contributed by atoms with Gasteiger partial charge in [0, 0.05) is 75.0 Å². The highest BCUT2D eigenvalue weighted by molar-refractivity contribution is 5.72. The lowest BCUT2D eigenvalue weighted by atomic mass is 9.78. The molecule has 0 spiro atoms. The summed E-state index contributed by atoms with van der Waals surface area (Å²) >= 11 is 0. The van der Waals surface area contributed by atoms with Crippen molar-refractivity contribution in [3.8, 4) is 11.3 Å². The Kier molecular flexibility index (Phi) is 7.79. The van der Waals surface area contributed by atoms with Crippen molar-refractivity contribution < 1.29 is 0 Å². The Morgan fingerprint density at radius 2 is 1.69 bits per heavy atom. The molecule has 0 bridgehead atoms. The number of nitrogens with one attached hydrogen (secondary N) is 2. The van der Waals surface area contributed by atoms with Gasteiger partial charge in [-0.05, 0) is 73.0 Å². The van der Waals surface area contributed by atoms with Crippen LogP contribution in [0, 0.1) is 0 Å². The molecule has 0 saturated carbocycles. The zero-order valence-electron chi connectivity index (χ0n) is 22.7. The van der Waals surface area contributed by atoms with Crippen LogP contribution in [0.4, 0.5) is 11.6 Å². The molecule has 1 saturated heterocycles. The fraction of sp³-hybridized carbons (Fsp3) is 0.344. The average Bonchev–Trinajstić information content (AvgIpc) is 2.99. The van der Waals surface area contributed by atoms with Gasteiger partial charge in [0.15, 0.2) is 0 Å². The highest BCUT2D eigenvalue weighted by atomic mass is 15.2. The first-order valence-corrected chi connectivity index (χ1v) is 14.1. The number of hydrogen-bond donors (Lipinski definition) is 2. The van der Waals surface area contributed by atoms with E-state index in [-0.39, 0.29) is 5.92 Å². The van der Waals surface area contributed by atoms with Crippen molar-refractivity contribution in [2.45, 2.75) is 25.3 Å². The predicted molar refractivity (Wildman–Crippen MR) is 158 cm³/mol. The van der Waals surface area contributed by atoms with Crippen molar-refractivity contribution in [2.75, 3.05) is 56.9 Å². The number of nitrogens with zero attached hydrogens (tertiary/aromatic N) is 5. The number of piperazine rings is 1. The number of rotatable bonds is 9. The number of fused-ring (bicyclic) bond motifs is 3. The second-order valence-corrected chi connectivity index (χ2v) is 10.7. The van der Waals surface area contributed by atoms with Crippen molar-refractivity contribution in [1.82, 2.24) is 24.8 Å². The fourth-order valence-corrected chi connectivity index (χ4v) is 5.63. The van der Waals surface area contributed by atoms with Crippen LogP contribution in [0.5, 0.6) is 0 Å². The van der Waals surface area contributed by atoms with E-state index >= 15 is 0 Å². The normalized spacial score (nSPS) is 17.3. The monoisotopic (exact) mass is 519 g/mol. The Bertz CT molecular complexity index is 1370. The Labute approximate surface area is 231 Å². The van der Waals surface area contributed by atoms with E-state index in [2.05, 4.69) is 81.0 Å². The minimum atomic E-state index is 0.286. The zero-order chi connectivity index (χ0) is 26.4. The maximum absolute atomic E-state index is 4.99. The van der Waals surface area contributed by atoms with Crippen LogP contribution < -0.4 is 10.6 Å². The van der Waals surface area contributed by atoms with Crippen LogP contribution in [0.25, 0.3) is 11.3 Å². The zero-order valence-corrected chi connectivity index (χ0v) is 22.7. The summed E-state index contributed by atoms with van der Waals surface area (Å²) in [6.07, 6.45) is 7.68. The molecule has 7 heteroatoms. The smallest absolute Gasteiger partial charge is 0.223 e. The van der Waals surface area contributed by atoms with Gasteiger partial charge in [-0.3, -0.25) is 4.98 Å². The summed E-state index contributed by atoms with van der Waals surface area (Å²) in [4.78, 5) is 18.7. The quantitative estimate of drug-likeness (QED) is 0.305. The van der Waals surface area contributed by atoms with Crippen molar-refractivity contribution >= 4 is 11.6 Å². The fourth-order valence-electron chi connectivity index (χ4n) is 5.63. The van der Waals surface area contributed by atoms with E-state index in [0.29, 0.717) is 0 Å². The first-order chi connectivity index (χ1) is 19.2. The molecule has 1 fully saturated rings. The molecule has 6 rings (SSSR count). The third kappa shape index (κ3) is 6.10. The van der Waals surface area contributed by atoms with E-state index in [0.717, 1.165) is 76.0 Å². The topological polar surface area (TPSA) is 69.2 Å². The van der Waals surface area contributed by atoms with E-state index in [9.17, 15) is 0 Å². The standard InChI is InChI=1S/C32H37N7/c1-38-17-19-39(20-18-38)16-4-13-34-32-36-23-26-21-30(28-5-2-3-6-29(28)31(26)37-32)25-7-9-27(10-8-25)35-22-24-11-14-33-15-12-24/h2-3,5-12,14-15,23,30,35H,4,13,16-22H2,1H3,(H,34,36,37). The second kappa shape index (κ2) is 11.9. The molecule has 1 aliphatic heterocycles. The van der Waals surface area contributed by atoms with Crippen LogP contribution in [-0.2, 0) is 13.0 Å². The van der Waals surface area contributed by atoms with E-state index in [1.807, 2.05) is 30.7 Å². The van der Waals surface area contributed by atoms with Crippen LogP contribution in [0.15, 0.2) is 79.3 Å². The number of likely N-dealkylation sites (N-methyl/N-ethyl adjacent to an activating group) is 1. The summed E-state index contributed by atoms with van der Waals surface area (Å²) in [6, 6.07) is 21.6. The molecular formula is C32H37N7. The molecule has 39 heavy (non-hydrogen) atoms. The van der Waals surface area contributed by atoms with Gasteiger partial charge in [-0.25, -0.2) is 9.97 Å². The number of pyridine rings is 1. The molecule has 1 atom stereocenters. The Hall–Kier alpha value is -3.81. The maximum atomic E-state index is 4.99. The molecule has 7 nitrogen and oxygen atoms in total. The lowest BCUT2D eigenvalue weighted by molar-refractivity contribution is 0.154. The van der Waals surface area contributed by atoms with Crippen LogP contribution in [0.1, 0.15) is 34.6 Å². The van der Waals surface area contributed by atoms with Gasteiger partial charge in [0.05, 0.1) is 5.69 Å². The molecule has 4 aromatic rings. The van der Waals surface area contributed by atoms with Gasteiger partial charge in [-0.15, -0.1) is 0 Å². The highest BCUT2D eigenvalue weighted by Crippen LogP contribution is 2.42. The van der Waals surface area contributed by atoms with E-state index in [4.69, 9.17) is 9.97 Å². The summed E-state index contributed by atoms with van der Waals surface area (Å²) in [6.45, 7) is 7.43. The molecule has 0 radical (unpaired) electrons. The van der Waals surface area contributed by atoms with Gasteiger partial charge in [0.2, 0.25) is 5.95 Å². The van der Waals surface area contributed by atoms with Crippen molar-refractivity contribution in [3.05, 3.63) is 102 Å². The summed E-state index contributed by atoms with van der Waals surface area (Å²) in [5.41, 5.74) is 8.47. The van der Waals surface area contributed by atoms with Gasteiger partial charge in [-0.1, -0.05) is 36.4 Å². The minimum Gasteiger partial charge on any atom is -0.381 e. The van der Waals surface area contributed by atoms with Gasteiger partial charge in [0.1, 0.15) is 0 Å². The molecule has 2 aromatic carbocycles. The van der Waals surface area contributed by atoms with Crippen molar-refractivity contribution in [3.63, 3.8) is 0 Å². The number of benzene rings is 2. The van der Waals surface area contributed by atoms with Gasteiger partial charge < -0.3 is 20.4 Å². The molecular weight excluding hydrogens is 482 g/mol. The third-order valence-corrected chi connectivity index (χ3v) is 7.97. The number of anilines is 2. The molecule has 200 valence electrons. The summed E-state index contributed by atoms with van der Waals surface area (Å²) in [5, 5.41) is 6.99. The van der Waals surface area contributed by atoms with Crippen molar-refractivity contribution in [2.24, 2.45) is 0 Å². The van der Waals surface area contributed by atoms with E-state index in [1.165, 1.54) is 27.8 Å². The number of hydrogen-bond acceptors (Lipinski definition) is 7. The summed E-state index contributed by atoms with van der Waals surface area (Å²) in [5.74, 6) is 1.01. The molecule has 1 unspecified atom stereocenters. The first kappa shape index (κ1) is 25.5. The predicted octanol–water partition coefficient (Wildman–Crippen LogP) is 4.89. The van der Waals surface area contributed by atoms with E-state index in [1.54, 1.807) is 0 Å². The molecule has 1 aliphatic carbocycles. The SMILES string of the molecule is CN1CCN(CCCNc2ncc3c(n2)-c2ccccc2C(c2ccc(NCc4ccncc4)cc2)C3)CC1. The molecule has 2 aliphatic rings. The molecule has 2 aromatic heterocycles. The average molecular weight is 520 g/mol. The Balaban J connectivity index is 1.11. The van der Waals surface area contributed by atoms with Crippen molar-refractivity contribution in [1.29, 1.82) is 0 Å². The van der Waals surface area contributed by atoms with Crippen LogP contribution in [0.3, 0.4) is 0 Å². The molecule has 0 amide bonds. The first-order valence-electron chi connectivity index (χ1n) is 14.1. The molecule has 3 heterocycles. The lowest BCUT2D eigenvalue weighted by Crippen LogP contribution is -2.44. The summed E-state index contributed by atoms with van der Waals surface area (Å²) < 4.78 is 0. The lowest BCUT2D eigenvalue weighted by Gasteiger charge is -2.32. The molecule has 2 N–H and O–H groups in total. The van der Waals surface area contributed by atoms with Crippen LogP contribution in [-0.4, -0.2) is 71.1 Å². The van der Waals surface area contributed by atoms with Crippen LogP contribution in [0.2, 0.25) is 0 Å².